The maximum absolute atomic E-state index is 4.46. The molecule has 0 amide bonds. The van der Waals surface area contributed by atoms with Crippen molar-refractivity contribution < 1.29 is 0 Å². The van der Waals surface area contributed by atoms with Crippen molar-refractivity contribution in [3.8, 4) is 0 Å². The molecule has 0 saturated carbocycles. The topological polar surface area (TPSA) is 12.4 Å². The lowest BCUT2D eigenvalue weighted by molar-refractivity contribution is 0.577. The van der Waals surface area contributed by atoms with E-state index in [2.05, 4.69) is 37.9 Å². The zero-order chi connectivity index (χ0) is 10.6. The molecule has 14 heavy (non-hydrogen) atoms. The molecule has 1 rings (SSSR count). The van der Waals surface area contributed by atoms with Crippen LogP contribution in [0.2, 0.25) is 0 Å². The summed E-state index contributed by atoms with van der Waals surface area (Å²) < 4.78 is 0. The first-order chi connectivity index (χ1) is 6.69. The fourth-order valence-electron chi connectivity index (χ4n) is 1.82. The Kier molecular flexibility index (Phi) is 4.12. The van der Waals surface area contributed by atoms with Crippen molar-refractivity contribution >= 4 is 6.21 Å². The van der Waals surface area contributed by atoms with E-state index in [1.54, 1.807) is 0 Å². The van der Waals surface area contributed by atoms with Gasteiger partial charge in [0.15, 0.2) is 0 Å². The van der Waals surface area contributed by atoms with Crippen LogP contribution in [0.15, 0.2) is 28.4 Å². The van der Waals surface area contributed by atoms with E-state index >= 15 is 0 Å². The van der Waals surface area contributed by atoms with Crippen LogP contribution in [0.1, 0.15) is 40.5 Å². The largest absolute Gasteiger partial charge is 0.266 e. The van der Waals surface area contributed by atoms with E-state index in [-0.39, 0.29) is 0 Å². The molecule has 0 heterocycles. The van der Waals surface area contributed by atoms with E-state index in [1.165, 1.54) is 17.7 Å². The van der Waals surface area contributed by atoms with E-state index < -0.39 is 0 Å². The Morgan fingerprint density at radius 3 is 2.79 bits per heavy atom. The molecule has 0 radical (unpaired) electrons. The quantitative estimate of drug-likeness (QED) is 0.598. The summed E-state index contributed by atoms with van der Waals surface area (Å²) in [7, 11) is 0. The Morgan fingerprint density at radius 2 is 2.29 bits per heavy atom. The fraction of sp³-hybridized carbons (Fsp3) is 0.615. The summed E-state index contributed by atoms with van der Waals surface area (Å²) in [5.74, 6) is 1.25. The summed E-state index contributed by atoms with van der Waals surface area (Å²) in [6.07, 6.45) is 8.88. The molecular weight excluding hydrogens is 170 g/mol. The molecular formula is C13H21N. The van der Waals surface area contributed by atoms with Crippen LogP contribution in [-0.4, -0.2) is 6.21 Å². The Labute approximate surface area is 87.6 Å². The molecule has 1 unspecified atom stereocenters. The molecule has 0 aliphatic heterocycles. The predicted molar refractivity (Wildman–Crippen MR) is 63.6 cm³/mol. The highest BCUT2D eigenvalue weighted by Gasteiger charge is 2.16. The molecule has 1 heteroatoms. The van der Waals surface area contributed by atoms with Crippen LogP contribution >= 0.6 is 0 Å². The molecule has 0 aromatic heterocycles. The van der Waals surface area contributed by atoms with Gasteiger partial charge < -0.3 is 0 Å². The fourth-order valence-corrected chi connectivity index (χ4v) is 1.82. The number of hydrogen-bond acceptors (Lipinski definition) is 1. The van der Waals surface area contributed by atoms with Crippen molar-refractivity contribution in [2.24, 2.45) is 16.8 Å². The van der Waals surface area contributed by atoms with Crippen LogP contribution in [0, 0.1) is 11.8 Å². The smallest absolute Gasteiger partial charge is 0.0436 e. The van der Waals surface area contributed by atoms with Crippen molar-refractivity contribution in [3.05, 3.63) is 23.4 Å². The van der Waals surface area contributed by atoms with E-state index in [1.807, 2.05) is 13.1 Å². The van der Waals surface area contributed by atoms with Crippen LogP contribution in [0.3, 0.4) is 0 Å². The first kappa shape index (κ1) is 11.2. The van der Waals surface area contributed by atoms with Crippen molar-refractivity contribution in [2.75, 3.05) is 0 Å². The molecule has 1 nitrogen and oxygen atoms in total. The van der Waals surface area contributed by atoms with Crippen molar-refractivity contribution in [3.63, 3.8) is 0 Å². The summed E-state index contributed by atoms with van der Waals surface area (Å²) in [5.41, 5.74) is 2.71. The molecule has 1 atom stereocenters. The highest BCUT2D eigenvalue weighted by atomic mass is 14.7. The van der Waals surface area contributed by atoms with E-state index in [0.29, 0.717) is 11.8 Å². The van der Waals surface area contributed by atoms with Crippen LogP contribution < -0.4 is 0 Å². The minimum absolute atomic E-state index is 0.620. The molecule has 0 aromatic carbocycles. The first-order valence-corrected chi connectivity index (χ1v) is 5.59. The van der Waals surface area contributed by atoms with Gasteiger partial charge >= 0.3 is 0 Å². The lowest BCUT2D eigenvalue weighted by atomic mass is 9.87. The summed E-state index contributed by atoms with van der Waals surface area (Å²) >= 11 is 0. The van der Waals surface area contributed by atoms with Gasteiger partial charge in [-0.3, -0.25) is 4.99 Å². The monoisotopic (exact) mass is 191 g/mol. The van der Waals surface area contributed by atoms with Gasteiger partial charge in [-0.25, -0.2) is 0 Å². The lowest BCUT2D eigenvalue weighted by Gasteiger charge is -2.21. The molecule has 78 valence electrons. The van der Waals surface area contributed by atoms with Gasteiger partial charge in [-0.2, -0.15) is 0 Å². The number of nitrogens with zero attached hydrogens (tertiary/aromatic N) is 1. The van der Waals surface area contributed by atoms with Crippen LogP contribution in [0.25, 0.3) is 0 Å². The molecule has 1 aliphatic carbocycles. The van der Waals surface area contributed by atoms with Gasteiger partial charge in [-0.15, -0.1) is 0 Å². The third kappa shape index (κ3) is 2.57. The average Bonchev–Trinajstić information content (AvgIpc) is 2.18. The Hall–Kier alpha value is -0.850. The molecule has 0 spiro atoms. The van der Waals surface area contributed by atoms with E-state index in [0.717, 1.165) is 6.42 Å². The first-order valence-electron chi connectivity index (χ1n) is 5.59. The second kappa shape index (κ2) is 5.14. The maximum Gasteiger partial charge on any atom is 0.0436 e. The number of hydrogen-bond donors (Lipinski definition) is 0. The molecule has 0 saturated heterocycles. The third-order valence-electron chi connectivity index (χ3n) is 2.81. The summed E-state index contributed by atoms with van der Waals surface area (Å²) in [6.45, 7) is 8.70. The van der Waals surface area contributed by atoms with Crippen molar-refractivity contribution in [2.45, 2.75) is 40.5 Å². The summed E-state index contributed by atoms with van der Waals surface area (Å²) in [5, 5.41) is 0. The molecule has 0 aromatic rings. The van der Waals surface area contributed by atoms with Crippen molar-refractivity contribution in [1.82, 2.24) is 0 Å². The minimum atomic E-state index is 0.620. The van der Waals surface area contributed by atoms with Gasteiger partial charge in [0.2, 0.25) is 0 Å². The Bertz CT molecular complexity index is 269. The summed E-state index contributed by atoms with van der Waals surface area (Å²) in [4.78, 5) is 4.46. The summed E-state index contributed by atoms with van der Waals surface area (Å²) in [6, 6.07) is 0. The van der Waals surface area contributed by atoms with Gasteiger partial charge in [0, 0.05) is 17.8 Å². The van der Waals surface area contributed by atoms with Crippen molar-refractivity contribution in [1.29, 1.82) is 0 Å². The minimum Gasteiger partial charge on any atom is -0.266 e. The highest BCUT2D eigenvalue weighted by molar-refractivity contribution is 5.56. The maximum atomic E-state index is 4.46. The normalized spacial score (nSPS) is 22.8. The standard InChI is InChI=1S/C13H21N/c1-5-11-7-8-12(10(3)4)9-13(11)14-6-2/h6,8-11H,5,7H2,1-4H3. The zero-order valence-electron chi connectivity index (χ0n) is 9.75. The van der Waals surface area contributed by atoms with E-state index in [4.69, 9.17) is 0 Å². The Morgan fingerprint density at radius 1 is 1.57 bits per heavy atom. The van der Waals surface area contributed by atoms with Gasteiger partial charge in [0.25, 0.3) is 0 Å². The number of allylic oxidation sites excluding steroid dienone is 4. The predicted octanol–water partition coefficient (Wildman–Crippen LogP) is 3.97. The molecule has 1 aliphatic rings. The zero-order valence-corrected chi connectivity index (χ0v) is 9.75. The van der Waals surface area contributed by atoms with Gasteiger partial charge in [0.1, 0.15) is 0 Å². The van der Waals surface area contributed by atoms with Crippen LogP contribution in [0.4, 0.5) is 0 Å². The average molecular weight is 191 g/mol. The molecule has 0 fully saturated rings. The van der Waals surface area contributed by atoms with Gasteiger partial charge in [-0.1, -0.05) is 26.8 Å². The second-order valence-corrected chi connectivity index (χ2v) is 4.16. The van der Waals surface area contributed by atoms with Gasteiger partial charge in [-0.05, 0) is 37.3 Å². The SMILES string of the molecule is CC=NC1=CC(C(C)C)=CCC1CC. The van der Waals surface area contributed by atoms with Crippen LogP contribution in [0.5, 0.6) is 0 Å². The highest BCUT2D eigenvalue weighted by Crippen LogP contribution is 2.30. The lowest BCUT2D eigenvalue weighted by Crippen LogP contribution is -2.07. The number of aliphatic imine (C=N–C) groups is 1. The molecule has 0 bridgehead atoms. The third-order valence-corrected chi connectivity index (χ3v) is 2.81. The van der Waals surface area contributed by atoms with Crippen LogP contribution in [-0.2, 0) is 0 Å². The van der Waals surface area contributed by atoms with Gasteiger partial charge in [0.05, 0.1) is 0 Å². The number of rotatable bonds is 3. The molecule has 0 N–H and O–H groups in total. The second-order valence-electron chi connectivity index (χ2n) is 4.16. The van der Waals surface area contributed by atoms with E-state index in [9.17, 15) is 0 Å². The Balaban J connectivity index is 2.86.